The third kappa shape index (κ3) is 4.27. The van der Waals surface area contributed by atoms with Crippen molar-refractivity contribution in [1.29, 1.82) is 0 Å². The van der Waals surface area contributed by atoms with Crippen LogP contribution in [0, 0.1) is 0 Å². The van der Waals surface area contributed by atoms with E-state index in [0.717, 1.165) is 5.69 Å². The molecule has 0 saturated heterocycles. The molecular formula is C17H14ClN5O. The number of aromatic nitrogens is 3. The monoisotopic (exact) mass is 339 g/mol. The van der Waals surface area contributed by atoms with E-state index in [1.165, 1.54) is 0 Å². The maximum Gasteiger partial charge on any atom is 0.276 e. The number of nitrogens with zero attached hydrogens (tertiary/aromatic N) is 3. The van der Waals surface area contributed by atoms with Crippen LogP contribution in [0.4, 0.5) is 11.5 Å². The lowest BCUT2D eigenvalue weighted by Crippen LogP contribution is -2.15. The predicted molar refractivity (Wildman–Crippen MR) is 93.0 cm³/mol. The summed E-state index contributed by atoms with van der Waals surface area (Å²) in [4.78, 5) is 16.3. The lowest BCUT2D eigenvalue weighted by atomic mass is 10.3. The average Bonchev–Trinajstić information content (AvgIpc) is 2.61. The number of pyridine rings is 1. The summed E-state index contributed by atoms with van der Waals surface area (Å²) in [5.74, 6) is 0.223. The third-order valence-corrected chi connectivity index (χ3v) is 3.39. The van der Waals surface area contributed by atoms with E-state index in [0.29, 0.717) is 23.1 Å². The molecule has 120 valence electrons. The molecule has 2 aromatic heterocycles. The van der Waals surface area contributed by atoms with E-state index in [-0.39, 0.29) is 11.6 Å². The predicted octanol–water partition coefficient (Wildman–Crippen LogP) is 3.39. The van der Waals surface area contributed by atoms with E-state index >= 15 is 0 Å². The molecule has 1 aromatic carbocycles. The first kappa shape index (κ1) is 15.9. The molecule has 0 aliphatic carbocycles. The van der Waals surface area contributed by atoms with Crippen molar-refractivity contribution in [2.75, 3.05) is 10.6 Å². The number of rotatable bonds is 5. The second-order valence-corrected chi connectivity index (χ2v) is 5.38. The highest BCUT2D eigenvalue weighted by atomic mass is 35.5. The van der Waals surface area contributed by atoms with Gasteiger partial charge >= 0.3 is 0 Å². The number of amides is 1. The number of carbonyl (C=O) groups excluding carboxylic acids is 1. The van der Waals surface area contributed by atoms with Crippen LogP contribution in [-0.4, -0.2) is 21.1 Å². The number of halogens is 1. The van der Waals surface area contributed by atoms with Crippen LogP contribution in [0.5, 0.6) is 0 Å². The number of hydrogen-bond donors (Lipinski definition) is 2. The molecule has 7 heteroatoms. The van der Waals surface area contributed by atoms with Gasteiger partial charge in [0.15, 0.2) is 5.69 Å². The van der Waals surface area contributed by atoms with E-state index in [9.17, 15) is 4.79 Å². The van der Waals surface area contributed by atoms with E-state index in [1.807, 2.05) is 18.2 Å². The Morgan fingerprint density at radius 1 is 1.04 bits per heavy atom. The van der Waals surface area contributed by atoms with E-state index in [4.69, 9.17) is 11.6 Å². The fraction of sp³-hybridized carbons (Fsp3) is 0.0588. The molecule has 0 bridgehead atoms. The molecule has 2 heterocycles. The largest absolute Gasteiger partial charge is 0.363 e. The van der Waals surface area contributed by atoms with Gasteiger partial charge in [-0.05, 0) is 42.5 Å². The lowest BCUT2D eigenvalue weighted by molar-refractivity contribution is 0.102. The molecule has 2 N–H and O–H groups in total. The van der Waals surface area contributed by atoms with Crippen LogP contribution >= 0.6 is 11.6 Å². The quantitative estimate of drug-likeness (QED) is 0.744. The van der Waals surface area contributed by atoms with Crippen molar-refractivity contribution in [3.05, 3.63) is 77.2 Å². The first-order valence-electron chi connectivity index (χ1n) is 7.25. The average molecular weight is 340 g/mol. The highest BCUT2D eigenvalue weighted by molar-refractivity contribution is 6.30. The van der Waals surface area contributed by atoms with Gasteiger partial charge in [0.05, 0.1) is 12.2 Å². The molecule has 3 aromatic rings. The molecule has 0 fully saturated rings. The lowest BCUT2D eigenvalue weighted by Gasteiger charge is -2.06. The van der Waals surface area contributed by atoms with Crippen LogP contribution in [0.1, 0.15) is 16.2 Å². The molecule has 0 unspecified atom stereocenters. The molecule has 0 aliphatic rings. The minimum atomic E-state index is -0.346. The molecule has 24 heavy (non-hydrogen) atoms. The highest BCUT2D eigenvalue weighted by Gasteiger charge is 2.09. The van der Waals surface area contributed by atoms with Crippen molar-refractivity contribution < 1.29 is 4.79 Å². The van der Waals surface area contributed by atoms with Gasteiger partial charge in [-0.2, -0.15) is 0 Å². The van der Waals surface area contributed by atoms with Crippen LogP contribution in [0.2, 0.25) is 5.02 Å². The van der Waals surface area contributed by atoms with Crippen molar-refractivity contribution in [3.63, 3.8) is 0 Å². The summed E-state index contributed by atoms with van der Waals surface area (Å²) < 4.78 is 0. The number of nitrogens with one attached hydrogen (secondary N) is 2. The Labute approximate surface area is 143 Å². The zero-order valence-electron chi connectivity index (χ0n) is 12.6. The van der Waals surface area contributed by atoms with E-state index in [1.54, 1.807) is 42.6 Å². The van der Waals surface area contributed by atoms with Crippen molar-refractivity contribution >= 4 is 29.0 Å². The molecule has 6 nitrogen and oxygen atoms in total. The summed E-state index contributed by atoms with van der Waals surface area (Å²) in [6.07, 6.45) is 1.73. The molecule has 0 saturated carbocycles. The van der Waals surface area contributed by atoms with Crippen LogP contribution in [0.25, 0.3) is 0 Å². The van der Waals surface area contributed by atoms with Crippen molar-refractivity contribution in [2.45, 2.75) is 6.54 Å². The van der Waals surface area contributed by atoms with Crippen LogP contribution in [0.15, 0.2) is 60.8 Å². The Bertz CT molecular complexity index is 824. The van der Waals surface area contributed by atoms with Gasteiger partial charge in [-0.3, -0.25) is 9.78 Å². The van der Waals surface area contributed by atoms with Gasteiger partial charge in [-0.25, -0.2) is 0 Å². The number of anilines is 2. The zero-order chi connectivity index (χ0) is 16.8. The van der Waals surface area contributed by atoms with Crippen molar-refractivity contribution in [3.8, 4) is 0 Å². The van der Waals surface area contributed by atoms with Crippen molar-refractivity contribution in [1.82, 2.24) is 15.2 Å². The van der Waals surface area contributed by atoms with Crippen molar-refractivity contribution in [2.24, 2.45) is 0 Å². The zero-order valence-corrected chi connectivity index (χ0v) is 13.4. The summed E-state index contributed by atoms with van der Waals surface area (Å²) in [6, 6.07) is 15.9. The molecule has 0 radical (unpaired) electrons. The highest BCUT2D eigenvalue weighted by Crippen LogP contribution is 2.15. The Morgan fingerprint density at radius 2 is 1.96 bits per heavy atom. The SMILES string of the molecule is O=C(Nc1cccc(Cl)c1)c1ccc(NCc2ccccn2)nn1. The first-order chi connectivity index (χ1) is 11.7. The molecule has 1 amide bonds. The first-order valence-corrected chi connectivity index (χ1v) is 7.63. The third-order valence-electron chi connectivity index (χ3n) is 3.16. The minimum Gasteiger partial charge on any atom is -0.363 e. The molecule has 0 spiro atoms. The smallest absolute Gasteiger partial charge is 0.276 e. The second-order valence-electron chi connectivity index (χ2n) is 4.94. The summed E-state index contributed by atoms with van der Waals surface area (Å²) >= 11 is 5.89. The summed E-state index contributed by atoms with van der Waals surface area (Å²) in [5, 5.41) is 14.3. The van der Waals surface area contributed by atoms with Gasteiger partial charge in [0.2, 0.25) is 0 Å². The Kier molecular flexibility index (Phi) is 4.98. The Morgan fingerprint density at radius 3 is 2.67 bits per heavy atom. The van der Waals surface area contributed by atoms with E-state index < -0.39 is 0 Å². The fourth-order valence-corrected chi connectivity index (χ4v) is 2.18. The number of benzene rings is 1. The maximum atomic E-state index is 12.1. The minimum absolute atomic E-state index is 0.221. The standard InChI is InChI=1S/C17H14ClN5O/c18-12-4-3-6-13(10-12)21-17(24)15-7-8-16(23-22-15)20-11-14-5-1-2-9-19-14/h1-10H,11H2,(H,20,23)(H,21,24). The van der Waals surface area contributed by atoms with Gasteiger partial charge in [0.1, 0.15) is 5.82 Å². The Balaban J connectivity index is 1.60. The molecule has 0 aliphatic heterocycles. The summed E-state index contributed by atoms with van der Waals surface area (Å²) in [7, 11) is 0. The van der Waals surface area contributed by atoms with Gasteiger partial charge in [0.25, 0.3) is 5.91 Å². The van der Waals surface area contributed by atoms with E-state index in [2.05, 4.69) is 25.8 Å². The number of hydrogen-bond acceptors (Lipinski definition) is 5. The van der Waals surface area contributed by atoms with Gasteiger partial charge in [-0.15, -0.1) is 10.2 Å². The van der Waals surface area contributed by atoms with Crippen LogP contribution in [-0.2, 0) is 6.54 Å². The summed E-state index contributed by atoms with van der Waals surface area (Å²) in [6.45, 7) is 0.531. The maximum absolute atomic E-state index is 12.1. The second kappa shape index (κ2) is 7.52. The fourth-order valence-electron chi connectivity index (χ4n) is 1.99. The molecule has 0 atom stereocenters. The van der Waals surface area contributed by atoms with Crippen LogP contribution in [0.3, 0.4) is 0 Å². The van der Waals surface area contributed by atoms with Gasteiger partial charge in [-0.1, -0.05) is 23.7 Å². The summed E-state index contributed by atoms with van der Waals surface area (Å²) in [5.41, 5.74) is 1.71. The molecule has 3 rings (SSSR count). The molecular weight excluding hydrogens is 326 g/mol. The number of carbonyl (C=O) groups is 1. The Hall–Kier alpha value is -2.99. The normalized spacial score (nSPS) is 10.2. The van der Waals surface area contributed by atoms with Gasteiger partial charge < -0.3 is 10.6 Å². The van der Waals surface area contributed by atoms with Gasteiger partial charge in [0, 0.05) is 16.9 Å². The topological polar surface area (TPSA) is 79.8 Å². The van der Waals surface area contributed by atoms with Crippen LogP contribution < -0.4 is 10.6 Å².